The lowest BCUT2D eigenvalue weighted by Gasteiger charge is -2.31. The fraction of sp³-hybridized carbons (Fsp3) is 0.524. The number of hydrogen-bond donors (Lipinski definition) is 3. The van der Waals surface area contributed by atoms with E-state index in [1.807, 2.05) is 6.92 Å². The van der Waals surface area contributed by atoms with Crippen LogP contribution in [0.5, 0.6) is 11.5 Å². The van der Waals surface area contributed by atoms with E-state index in [9.17, 15) is 14.7 Å². The molecule has 1 aromatic rings. The number of amides is 2. The smallest absolute Gasteiger partial charge is 0.338 e. The van der Waals surface area contributed by atoms with Gasteiger partial charge in [-0.05, 0) is 50.6 Å². The lowest BCUT2D eigenvalue weighted by molar-refractivity contribution is -0.136. The highest BCUT2D eigenvalue weighted by molar-refractivity contribution is 5.95. The van der Waals surface area contributed by atoms with Crippen LogP contribution in [-0.2, 0) is 9.53 Å². The van der Waals surface area contributed by atoms with Crippen LogP contribution >= 0.6 is 0 Å². The summed E-state index contributed by atoms with van der Waals surface area (Å²) in [6, 6.07) is 3.73. The molecule has 2 amide bonds. The van der Waals surface area contributed by atoms with E-state index in [1.165, 1.54) is 26.0 Å². The first-order valence-corrected chi connectivity index (χ1v) is 10.1. The van der Waals surface area contributed by atoms with Gasteiger partial charge in [-0.3, -0.25) is 4.90 Å². The number of carbonyl (C=O) groups excluding carboxylic acids is 2. The molecule has 0 spiro atoms. The van der Waals surface area contributed by atoms with E-state index in [1.54, 1.807) is 12.1 Å². The van der Waals surface area contributed by atoms with E-state index < -0.39 is 12.0 Å². The number of hydrogen-bond acceptors (Lipinski definition) is 6. The normalized spacial score (nSPS) is 20.5. The minimum atomic E-state index is -0.696. The molecule has 0 aliphatic carbocycles. The third-order valence-electron chi connectivity index (χ3n) is 5.26. The fourth-order valence-electron chi connectivity index (χ4n) is 3.84. The van der Waals surface area contributed by atoms with Crippen molar-refractivity contribution in [2.75, 3.05) is 33.4 Å². The molecule has 0 bridgehead atoms. The van der Waals surface area contributed by atoms with E-state index in [0.717, 1.165) is 25.9 Å². The highest BCUT2D eigenvalue weighted by atomic mass is 16.5. The van der Waals surface area contributed by atoms with Gasteiger partial charge in [0.1, 0.15) is 0 Å². The van der Waals surface area contributed by atoms with E-state index in [4.69, 9.17) is 9.47 Å². The molecular weight excluding hydrogens is 374 g/mol. The summed E-state index contributed by atoms with van der Waals surface area (Å²) in [6.45, 7) is 4.54. The Morgan fingerprint density at radius 1 is 1.24 bits per heavy atom. The molecule has 2 aliphatic rings. The SMILES string of the molecule is CCOc1cc(C2NC(=O)NC(CN3CCCCCC3)=C2C(=O)OC)ccc1O. The summed E-state index contributed by atoms with van der Waals surface area (Å²) < 4.78 is 10.5. The van der Waals surface area contributed by atoms with Crippen LogP contribution in [0.1, 0.15) is 44.2 Å². The highest BCUT2D eigenvalue weighted by Crippen LogP contribution is 2.34. The quantitative estimate of drug-likeness (QED) is 0.631. The highest BCUT2D eigenvalue weighted by Gasteiger charge is 2.34. The number of rotatable bonds is 6. The number of esters is 1. The second-order valence-corrected chi connectivity index (χ2v) is 7.27. The van der Waals surface area contributed by atoms with Gasteiger partial charge >= 0.3 is 12.0 Å². The van der Waals surface area contributed by atoms with Gasteiger partial charge in [-0.25, -0.2) is 9.59 Å². The van der Waals surface area contributed by atoms with Crippen molar-refractivity contribution in [2.24, 2.45) is 0 Å². The monoisotopic (exact) mass is 403 g/mol. The molecule has 1 aromatic carbocycles. The van der Waals surface area contributed by atoms with Crippen molar-refractivity contribution < 1.29 is 24.2 Å². The maximum Gasteiger partial charge on any atom is 0.338 e. The predicted octanol–water partition coefficient (Wildman–Crippen LogP) is 2.45. The van der Waals surface area contributed by atoms with Gasteiger partial charge in [0, 0.05) is 12.2 Å². The summed E-state index contributed by atoms with van der Waals surface area (Å²) in [4.78, 5) is 27.3. The molecule has 0 saturated carbocycles. The number of benzene rings is 1. The largest absolute Gasteiger partial charge is 0.504 e. The minimum absolute atomic E-state index is 0.00393. The van der Waals surface area contributed by atoms with Crippen molar-refractivity contribution in [3.8, 4) is 11.5 Å². The van der Waals surface area contributed by atoms with E-state index in [-0.39, 0.29) is 11.8 Å². The molecule has 3 rings (SSSR count). The van der Waals surface area contributed by atoms with Gasteiger partial charge in [-0.1, -0.05) is 18.9 Å². The van der Waals surface area contributed by atoms with Gasteiger partial charge in [0.15, 0.2) is 11.5 Å². The van der Waals surface area contributed by atoms with Gasteiger partial charge in [-0.15, -0.1) is 0 Å². The number of phenolic OH excluding ortho intramolecular Hbond substituents is 1. The number of nitrogens with one attached hydrogen (secondary N) is 2. The van der Waals surface area contributed by atoms with Crippen LogP contribution in [0.4, 0.5) is 4.79 Å². The Kier molecular flexibility index (Phi) is 6.98. The first-order chi connectivity index (χ1) is 14.0. The number of methoxy groups -OCH3 is 1. The summed E-state index contributed by atoms with van der Waals surface area (Å²) in [7, 11) is 1.33. The van der Waals surface area contributed by atoms with Crippen LogP contribution in [0, 0.1) is 0 Å². The predicted molar refractivity (Wildman–Crippen MR) is 108 cm³/mol. The molecule has 2 aliphatic heterocycles. The van der Waals surface area contributed by atoms with Crippen molar-refractivity contribution >= 4 is 12.0 Å². The Bertz CT molecular complexity index is 785. The zero-order valence-electron chi connectivity index (χ0n) is 17.0. The number of carbonyl (C=O) groups is 2. The van der Waals surface area contributed by atoms with Crippen LogP contribution in [0.2, 0.25) is 0 Å². The topological polar surface area (TPSA) is 100 Å². The third-order valence-corrected chi connectivity index (χ3v) is 5.26. The Labute approximate surface area is 170 Å². The van der Waals surface area contributed by atoms with E-state index >= 15 is 0 Å². The molecule has 0 aromatic heterocycles. The Morgan fingerprint density at radius 2 is 1.97 bits per heavy atom. The van der Waals surface area contributed by atoms with Crippen molar-refractivity contribution in [1.82, 2.24) is 15.5 Å². The van der Waals surface area contributed by atoms with Crippen LogP contribution in [0.25, 0.3) is 0 Å². The Balaban J connectivity index is 1.98. The molecule has 29 heavy (non-hydrogen) atoms. The molecule has 3 N–H and O–H groups in total. The number of nitrogens with zero attached hydrogens (tertiary/aromatic N) is 1. The second-order valence-electron chi connectivity index (χ2n) is 7.27. The number of phenols is 1. The van der Waals surface area contributed by atoms with Gasteiger partial charge in [-0.2, -0.15) is 0 Å². The number of aromatic hydroxyl groups is 1. The van der Waals surface area contributed by atoms with Gasteiger partial charge in [0.05, 0.1) is 25.3 Å². The van der Waals surface area contributed by atoms with E-state index in [2.05, 4.69) is 15.5 Å². The summed E-state index contributed by atoms with van der Waals surface area (Å²) in [5, 5.41) is 15.6. The number of ether oxygens (including phenoxy) is 2. The first-order valence-electron chi connectivity index (χ1n) is 10.1. The minimum Gasteiger partial charge on any atom is -0.504 e. The Morgan fingerprint density at radius 3 is 2.62 bits per heavy atom. The van der Waals surface area contributed by atoms with Crippen LogP contribution in [0.3, 0.4) is 0 Å². The summed E-state index contributed by atoms with van der Waals surface area (Å²) in [6.07, 6.45) is 4.60. The lowest BCUT2D eigenvalue weighted by Crippen LogP contribution is -2.48. The molecule has 8 heteroatoms. The molecule has 1 unspecified atom stereocenters. The zero-order valence-corrected chi connectivity index (χ0v) is 17.0. The molecule has 158 valence electrons. The molecule has 0 radical (unpaired) electrons. The van der Waals surface area contributed by atoms with Gasteiger partial charge in [0.2, 0.25) is 0 Å². The summed E-state index contributed by atoms with van der Waals surface area (Å²) in [5.74, 6) is -0.196. The third kappa shape index (κ3) is 5.00. The number of likely N-dealkylation sites (tertiary alicyclic amines) is 1. The van der Waals surface area contributed by atoms with Crippen molar-refractivity contribution in [1.29, 1.82) is 0 Å². The van der Waals surface area contributed by atoms with Crippen molar-refractivity contribution in [3.05, 3.63) is 35.0 Å². The summed E-state index contributed by atoms with van der Waals surface area (Å²) >= 11 is 0. The Hall–Kier alpha value is -2.74. The van der Waals surface area contributed by atoms with Gasteiger partial charge in [0.25, 0.3) is 0 Å². The van der Waals surface area contributed by atoms with Crippen LogP contribution in [0.15, 0.2) is 29.5 Å². The maximum atomic E-state index is 12.7. The van der Waals surface area contributed by atoms with Gasteiger partial charge < -0.3 is 25.2 Å². The van der Waals surface area contributed by atoms with Crippen LogP contribution < -0.4 is 15.4 Å². The molecule has 1 fully saturated rings. The lowest BCUT2D eigenvalue weighted by atomic mass is 9.94. The van der Waals surface area contributed by atoms with Crippen molar-refractivity contribution in [2.45, 2.75) is 38.6 Å². The average molecular weight is 403 g/mol. The molecular formula is C21H29N3O5. The molecule has 1 saturated heterocycles. The van der Waals surface area contributed by atoms with Crippen LogP contribution in [-0.4, -0.2) is 55.4 Å². The second kappa shape index (κ2) is 9.65. The zero-order chi connectivity index (χ0) is 20.8. The first kappa shape index (κ1) is 21.0. The molecule has 2 heterocycles. The fourth-order valence-corrected chi connectivity index (χ4v) is 3.84. The van der Waals surface area contributed by atoms with E-state index in [0.29, 0.717) is 35.7 Å². The molecule has 1 atom stereocenters. The molecule has 8 nitrogen and oxygen atoms in total. The standard InChI is InChI=1S/C21H29N3O5/c1-3-29-17-12-14(8-9-16(17)25)19-18(20(26)28-2)15(22-21(27)23-19)13-24-10-6-4-5-7-11-24/h8-9,12,19,25H,3-7,10-11,13H2,1-2H3,(H2,22,23,27). The maximum absolute atomic E-state index is 12.7. The number of urea groups is 1. The average Bonchev–Trinajstić information content (AvgIpc) is 2.97. The summed E-state index contributed by atoms with van der Waals surface area (Å²) in [5.41, 5.74) is 1.55. The van der Waals surface area contributed by atoms with Crippen molar-refractivity contribution in [3.63, 3.8) is 0 Å².